The van der Waals surface area contributed by atoms with Gasteiger partial charge >= 0.3 is 0 Å². The van der Waals surface area contributed by atoms with Crippen molar-refractivity contribution >= 4 is 5.78 Å². The summed E-state index contributed by atoms with van der Waals surface area (Å²) in [7, 11) is 2.20. The zero-order valence-corrected chi connectivity index (χ0v) is 15.3. The molecule has 128 valence electrons. The molecule has 0 radical (unpaired) electrons. The van der Waals surface area contributed by atoms with Gasteiger partial charge in [-0.15, -0.1) is 0 Å². The minimum absolute atomic E-state index is 0.325. The Kier molecular flexibility index (Phi) is 6.83. The van der Waals surface area contributed by atoms with E-state index in [1.165, 1.54) is 31.5 Å². The number of rotatable bonds is 7. The van der Waals surface area contributed by atoms with E-state index in [1.54, 1.807) is 0 Å². The molecule has 2 heteroatoms. The minimum Gasteiger partial charge on any atom is -0.306 e. The molecule has 1 aromatic carbocycles. The molecule has 0 saturated carbocycles. The molecule has 1 heterocycles. The number of hydrogen-bond acceptors (Lipinski definition) is 2. The van der Waals surface area contributed by atoms with Crippen molar-refractivity contribution < 1.29 is 4.79 Å². The van der Waals surface area contributed by atoms with E-state index in [-0.39, 0.29) is 0 Å². The third kappa shape index (κ3) is 4.91. The first kappa shape index (κ1) is 18.2. The molecule has 2 rings (SSSR count). The summed E-state index contributed by atoms with van der Waals surface area (Å²) >= 11 is 0. The molecule has 1 aliphatic heterocycles. The van der Waals surface area contributed by atoms with Gasteiger partial charge in [0.1, 0.15) is 0 Å². The second kappa shape index (κ2) is 8.63. The van der Waals surface area contributed by atoms with Gasteiger partial charge in [0.15, 0.2) is 5.78 Å². The third-order valence-corrected chi connectivity index (χ3v) is 5.82. The normalized spacial score (nSPS) is 19.5. The van der Waals surface area contributed by atoms with E-state index in [1.807, 2.05) is 12.1 Å². The highest BCUT2D eigenvalue weighted by molar-refractivity contribution is 5.96. The molecule has 1 aliphatic rings. The minimum atomic E-state index is 0.325. The Labute approximate surface area is 142 Å². The number of ketones is 1. The molecule has 0 spiro atoms. The SMILES string of the molecule is CCC(C)c1ccc(C(=O)CC(CC)C2CCN(C)CC2)cc1. The summed E-state index contributed by atoms with van der Waals surface area (Å²) in [5, 5.41) is 0. The lowest BCUT2D eigenvalue weighted by atomic mass is 9.79. The highest BCUT2D eigenvalue weighted by Gasteiger charge is 2.26. The average Bonchev–Trinajstić information content (AvgIpc) is 2.59. The van der Waals surface area contributed by atoms with E-state index in [2.05, 4.69) is 44.9 Å². The zero-order chi connectivity index (χ0) is 16.8. The Morgan fingerprint density at radius 2 is 1.74 bits per heavy atom. The lowest BCUT2D eigenvalue weighted by Crippen LogP contribution is -2.33. The van der Waals surface area contributed by atoms with E-state index in [9.17, 15) is 4.79 Å². The van der Waals surface area contributed by atoms with Crippen molar-refractivity contribution in [3.63, 3.8) is 0 Å². The number of carbonyl (C=O) groups is 1. The molecule has 2 atom stereocenters. The van der Waals surface area contributed by atoms with Crippen LogP contribution in [0.15, 0.2) is 24.3 Å². The number of piperidine rings is 1. The van der Waals surface area contributed by atoms with Crippen LogP contribution in [0.3, 0.4) is 0 Å². The van der Waals surface area contributed by atoms with Crippen LogP contribution >= 0.6 is 0 Å². The van der Waals surface area contributed by atoms with Gasteiger partial charge in [0.05, 0.1) is 0 Å². The average molecular weight is 316 g/mol. The molecule has 0 N–H and O–H groups in total. The quantitative estimate of drug-likeness (QED) is 0.649. The Morgan fingerprint density at radius 3 is 2.26 bits per heavy atom. The lowest BCUT2D eigenvalue weighted by molar-refractivity contribution is 0.0910. The van der Waals surface area contributed by atoms with Gasteiger partial charge < -0.3 is 4.90 Å². The van der Waals surface area contributed by atoms with Crippen LogP contribution in [0.2, 0.25) is 0 Å². The molecule has 2 unspecified atom stereocenters. The number of nitrogens with zero attached hydrogens (tertiary/aromatic N) is 1. The number of hydrogen-bond donors (Lipinski definition) is 0. The van der Waals surface area contributed by atoms with E-state index in [0.29, 0.717) is 24.0 Å². The summed E-state index contributed by atoms with van der Waals surface area (Å²) in [5.74, 6) is 2.17. The maximum Gasteiger partial charge on any atom is 0.163 e. The van der Waals surface area contributed by atoms with Crippen LogP contribution in [0.5, 0.6) is 0 Å². The molecule has 23 heavy (non-hydrogen) atoms. The highest BCUT2D eigenvalue weighted by Crippen LogP contribution is 2.30. The van der Waals surface area contributed by atoms with Crippen molar-refractivity contribution in [2.75, 3.05) is 20.1 Å². The number of Topliss-reactive ketones (excluding diaryl/α,β-unsaturated/α-hetero) is 1. The predicted molar refractivity (Wildman–Crippen MR) is 98.1 cm³/mol. The second-order valence-electron chi connectivity index (χ2n) is 7.37. The molecule has 0 aliphatic carbocycles. The van der Waals surface area contributed by atoms with E-state index in [4.69, 9.17) is 0 Å². The van der Waals surface area contributed by atoms with Crippen LogP contribution in [-0.2, 0) is 0 Å². The van der Waals surface area contributed by atoms with Gasteiger partial charge in [-0.05, 0) is 62.7 Å². The van der Waals surface area contributed by atoms with Gasteiger partial charge in [0.25, 0.3) is 0 Å². The van der Waals surface area contributed by atoms with E-state index >= 15 is 0 Å². The molecule has 0 bridgehead atoms. The Bertz CT molecular complexity index is 485. The highest BCUT2D eigenvalue weighted by atomic mass is 16.1. The first-order valence-corrected chi connectivity index (χ1v) is 9.36. The number of likely N-dealkylation sites (tertiary alicyclic amines) is 1. The Hall–Kier alpha value is -1.15. The standard InChI is InChI=1S/C21H33NO/c1-5-16(3)18-7-9-20(10-8-18)21(23)15-17(6-2)19-11-13-22(4)14-12-19/h7-10,16-17,19H,5-6,11-15H2,1-4H3. The fourth-order valence-corrected chi connectivity index (χ4v) is 3.73. The van der Waals surface area contributed by atoms with Crippen LogP contribution in [0, 0.1) is 11.8 Å². The molecule has 0 amide bonds. The summed E-state index contributed by atoms with van der Waals surface area (Å²) in [6, 6.07) is 8.34. The van der Waals surface area contributed by atoms with Crippen LogP contribution in [0.4, 0.5) is 0 Å². The summed E-state index contributed by atoms with van der Waals surface area (Å²) < 4.78 is 0. The molecule has 1 saturated heterocycles. The van der Waals surface area contributed by atoms with Crippen LogP contribution in [-0.4, -0.2) is 30.8 Å². The van der Waals surface area contributed by atoms with Gasteiger partial charge in [-0.3, -0.25) is 4.79 Å². The summed E-state index contributed by atoms with van der Waals surface area (Å²) in [6.45, 7) is 9.04. The maximum atomic E-state index is 12.7. The van der Waals surface area contributed by atoms with Gasteiger partial charge in [0.2, 0.25) is 0 Å². The van der Waals surface area contributed by atoms with Crippen molar-refractivity contribution in [2.24, 2.45) is 11.8 Å². The zero-order valence-electron chi connectivity index (χ0n) is 15.3. The van der Waals surface area contributed by atoms with Crippen molar-refractivity contribution in [1.82, 2.24) is 4.90 Å². The van der Waals surface area contributed by atoms with Crippen molar-refractivity contribution in [2.45, 2.75) is 58.8 Å². The van der Waals surface area contributed by atoms with Gasteiger partial charge in [-0.2, -0.15) is 0 Å². The van der Waals surface area contributed by atoms with Crippen LogP contribution in [0.25, 0.3) is 0 Å². The molecule has 2 nitrogen and oxygen atoms in total. The first-order chi connectivity index (χ1) is 11.0. The van der Waals surface area contributed by atoms with Crippen molar-refractivity contribution in [1.29, 1.82) is 0 Å². The van der Waals surface area contributed by atoms with Gasteiger partial charge in [0, 0.05) is 12.0 Å². The molecule has 1 fully saturated rings. The monoisotopic (exact) mass is 315 g/mol. The smallest absolute Gasteiger partial charge is 0.163 e. The second-order valence-corrected chi connectivity index (χ2v) is 7.37. The van der Waals surface area contributed by atoms with Gasteiger partial charge in [-0.25, -0.2) is 0 Å². The fourth-order valence-electron chi connectivity index (χ4n) is 3.73. The summed E-state index contributed by atoms with van der Waals surface area (Å²) in [5.41, 5.74) is 2.23. The van der Waals surface area contributed by atoms with Crippen LogP contribution in [0.1, 0.15) is 74.7 Å². The first-order valence-electron chi connectivity index (χ1n) is 9.36. The van der Waals surface area contributed by atoms with Crippen LogP contribution < -0.4 is 0 Å². The van der Waals surface area contributed by atoms with Crippen molar-refractivity contribution in [3.05, 3.63) is 35.4 Å². The topological polar surface area (TPSA) is 20.3 Å². The lowest BCUT2D eigenvalue weighted by Gasteiger charge is -2.33. The number of carbonyl (C=O) groups excluding carboxylic acids is 1. The van der Waals surface area contributed by atoms with Gasteiger partial charge in [-0.1, -0.05) is 51.5 Å². The summed E-state index contributed by atoms with van der Waals surface area (Å²) in [4.78, 5) is 15.1. The summed E-state index contributed by atoms with van der Waals surface area (Å²) in [6.07, 6.45) is 5.46. The van der Waals surface area contributed by atoms with E-state index < -0.39 is 0 Å². The largest absolute Gasteiger partial charge is 0.306 e. The molecular formula is C21H33NO. The maximum absolute atomic E-state index is 12.7. The Morgan fingerprint density at radius 1 is 1.13 bits per heavy atom. The number of benzene rings is 1. The molecule has 1 aromatic rings. The third-order valence-electron chi connectivity index (χ3n) is 5.82. The fraction of sp³-hybridized carbons (Fsp3) is 0.667. The molecular weight excluding hydrogens is 282 g/mol. The van der Waals surface area contributed by atoms with Crippen molar-refractivity contribution in [3.8, 4) is 0 Å². The van der Waals surface area contributed by atoms with E-state index in [0.717, 1.165) is 24.3 Å². The predicted octanol–water partition coefficient (Wildman–Crippen LogP) is 5.14. The molecule has 0 aromatic heterocycles. The Balaban J connectivity index is 1.96.